The minimum Gasteiger partial charge on any atom is -0.327 e. The van der Waals surface area contributed by atoms with Crippen molar-refractivity contribution in [3.63, 3.8) is 0 Å². The second-order valence-corrected chi connectivity index (χ2v) is 6.87. The molecule has 0 aliphatic heterocycles. The van der Waals surface area contributed by atoms with Crippen molar-refractivity contribution < 1.29 is 9.59 Å². The topological polar surface area (TPSA) is 60.2 Å². The fraction of sp³-hybridized carbons (Fsp3) is 0.867. The predicted molar refractivity (Wildman–Crippen MR) is 73.2 cm³/mol. The van der Waals surface area contributed by atoms with Gasteiger partial charge in [-0.2, -0.15) is 0 Å². The first-order chi connectivity index (χ1) is 8.10. The van der Waals surface area contributed by atoms with Crippen LogP contribution in [0.2, 0.25) is 0 Å². The summed E-state index contributed by atoms with van der Waals surface area (Å²) >= 11 is 0. The fourth-order valence-electron chi connectivity index (χ4n) is 2.48. The Morgan fingerprint density at radius 1 is 0.944 bits per heavy atom. The Kier molecular flexibility index (Phi) is 4.37. The molecule has 0 heterocycles. The van der Waals surface area contributed by atoms with E-state index in [1.165, 1.54) is 0 Å². The molecule has 0 aromatic carbocycles. The Bertz CT molecular complexity index is 310. The first-order valence-electron chi connectivity index (χ1n) is 6.92. The molecule has 2 saturated carbocycles. The van der Waals surface area contributed by atoms with Crippen LogP contribution in [0.3, 0.4) is 0 Å². The monoisotopic (exact) mass is 253 g/mol. The van der Waals surface area contributed by atoms with Crippen LogP contribution in [0.4, 0.5) is 0 Å². The van der Waals surface area contributed by atoms with Gasteiger partial charge in [-0.3, -0.25) is 9.59 Å². The summed E-state index contributed by atoms with van der Waals surface area (Å²) in [6, 6.07) is 0.0880. The SMILES string of the molecule is CC1(C)C(=O)CCC1N.CC1CCC(=O)C1(C)C. The predicted octanol–water partition coefficient (Wildman–Crippen LogP) is 2.71. The summed E-state index contributed by atoms with van der Waals surface area (Å²) in [7, 11) is 0. The summed E-state index contributed by atoms with van der Waals surface area (Å²) in [5.41, 5.74) is 5.40. The molecular formula is C15H27NO2. The van der Waals surface area contributed by atoms with E-state index in [9.17, 15) is 9.59 Å². The lowest BCUT2D eigenvalue weighted by molar-refractivity contribution is -0.125. The third-order valence-corrected chi connectivity index (χ3v) is 5.08. The molecular weight excluding hydrogens is 226 g/mol. The van der Waals surface area contributed by atoms with Crippen LogP contribution in [-0.2, 0) is 9.59 Å². The quantitative estimate of drug-likeness (QED) is 0.722. The zero-order valence-electron chi connectivity index (χ0n) is 12.4. The molecule has 104 valence electrons. The van der Waals surface area contributed by atoms with E-state index in [4.69, 9.17) is 5.73 Å². The van der Waals surface area contributed by atoms with Gasteiger partial charge in [0, 0.05) is 29.7 Å². The van der Waals surface area contributed by atoms with Crippen molar-refractivity contribution in [2.24, 2.45) is 22.5 Å². The van der Waals surface area contributed by atoms with Gasteiger partial charge in [0.05, 0.1) is 0 Å². The van der Waals surface area contributed by atoms with E-state index in [0.29, 0.717) is 23.9 Å². The lowest BCUT2D eigenvalue weighted by Gasteiger charge is -2.20. The molecule has 2 aliphatic carbocycles. The highest BCUT2D eigenvalue weighted by Crippen LogP contribution is 2.38. The number of hydrogen-bond acceptors (Lipinski definition) is 3. The maximum atomic E-state index is 11.1. The third-order valence-electron chi connectivity index (χ3n) is 5.08. The standard InChI is InChI=1S/C8H14O.C7H13NO/c1-6-4-5-7(9)8(6,2)3;1-7(2)5(8)3-4-6(7)9/h6H,4-5H2,1-3H3;5H,3-4,8H2,1-2H3. The number of Topliss-reactive ketones (excluding diaryl/α,β-unsaturated/α-hetero) is 2. The number of nitrogens with two attached hydrogens (primary N) is 1. The van der Waals surface area contributed by atoms with Crippen molar-refractivity contribution >= 4 is 11.6 Å². The highest BCUT2D eigenvalue weighted by molar-refractivity contribution is 5.87. The van der Waals surface area contributed by atoms with Gasteiger partial charge < -0.3 is 5.73 Å². The van der Waals surface area contributed by atoms with E-state index in [2.05, 4.69) is 6.92 Å². The Balaban J connectivity index is 0.000000180. The van der Waals surface area contributed by atoms with Crippen LogP contribution in [0.5, 0.6) is 0 Å². The summed E-state index contributed by atoms with van der Waals surface area (Å²) in [5, 5.41) is 0. The molecule has 18 heavy (non-hydrogen) atoms. The maximum absolute atomic E-state index is 11.1. The van der Waals surface area contributed by atoms with Crippen LogP contribution in [0, 0.1) is 16.7 Å². The highest BCUT2D eigenvalue weighted by atomic mass is 16.1. The average Bonchev–Trinajstić information content (AvgIpc) is 2.65. The van der Waals surface area contributed by atoms with Crippen LogP contribution in [-0.4, -0.2) is 17.6 Å². The second kappa shape index (κ2) is 5.12. The molecule has 0 amide bonds. The van der Waals surface area contributed by atoms with Crippen molar-refractivity contribution in [3.05, 3.63) is 0 Å². The van der Waals surface area contributed by atoms with Gasteiger partial charge in [0.1, 0.15) is 11.6 Å². The number of rotatable bonds is 0. The number of carbonyl (C=O) groups is 2. The minimum absolute atomic E-state index is 0.0278. The maximum Gasteiger partial charge on any atom is 0.140 e. The first kappa shape index (κ1) is 15.4. The van der Waals surface area contributed by atoms with Crippen molar-refractivity contribution in [2.45, 2.75) is 66.3 Å². The Morgan fingerprint density at radius 3 is 1.50 bits per heavy atom. The molecule has 0 aromatic heterocycles. The van der Waals surface area contributed by atoms with Gasteiger partial charge in [-0.05, 0) is 18.8 Å². The number of carbonyl (C=O) groups excluding carboxylic acids is 2. The first-order valence-corrected chi connectivity index (χ1v) is 6.92. The Morgan fingerprint density at radius 2 is 1.39 bits per heavy atom. The summed E-state index contributed by atoms with van der Waals surface area (Å²) in [6.07, 6.45) is 3.43. The van der Waals surface area contributed by atoms with Crippen molar-refractivity contribution in [1.82, 2.24) is 0 Å². The summed E-state index contributed by atoms with van der Waals surface area (Å²) < 4.78 is 0. The molecule has 0 aromatic rings. The van der Waals surface area contributed by atoms with E-state index in [-0.39, 0.29) is 16.9 Å². The lowest BCUT2D eigenvalue weighted by Crippen LogP contribution is -2.35. The van der Waals surface area contributed by atoms with Crippen LogP contribution in [0.15, 0.2) is 0 Å². The zero-order chi connectivity index (χ0) is 14.1. The Labute approximate surface area is 111 Å². The fourth-order valence-corrected chi connectivity index (χ4v) is 2.48. The Hall–Kier alpha value is -0.700. The zero-order valence-corrected chi connectivity index (χ0v) is 12.4. The number of hydrogen-bond donors (Lipinski definition) is 1. The molecule has 0 bridgehead atoms. The van der Waals surface area contributed by atoms with Crippen molar-refractivity contribution in [1.29, 1.82) is 0 Å². The van der Waals surface area contributed by atoms with E-state index < -0.39 is 0 Å². The van der Waals surface area contributed by atoms with Crippen molar-refractivity contribution in [2.75, 3.05) is 0 Å². The second-order valence-electron chi connectivity index (χ2n) is 6.87. The van der Waals surface area contributed by atoms with Gasteiger partial charge in [0.25, 0.3) is 0 Å². The minimum atomic E-state index is -0.250. The van der Waals surface area contributed by atoms with Gasteiger partial charge in [-0.15, -0.1) is 0 Å². The van der Waals surface area contributed by atoms with Crippen LogP contribution < -0.4 is 5.73 Å². The van der Waals surface area contributed by atoms with Gasteiger partial charge >= 0.3 is 0 Å². The molecule has 2 rings (SSSR count). The number of ketones is 2. The van der Waals surface area contributed by atoms with Crippen LogP contribution in [0.1, 0.15) is 60.3 Å². The normalized spacial score (nSPS) is 33.2. The van der Waals surface area contributed by atoms with Gasteiger partial charge in [-0.1, -0.05) is 34.6 Å². The molecule has 2 N–H and O–H groups in total. The van der Waals surface area contributed by atoms with Crippen LogP contribution >= 0.6 is 0 Å². The van der Waals surface area contributed by atoms with E-state index in [1.54, 1.807) is 0 Å². The molecule has 2 fully saturated rings. The summed E-state index contributed by atoms with van der Waals surface area (Å²) in [5.74, 6) is 1.34. The van der Waals surface area contributed by atoms with E-state index >= 15 is 0 Å². The van der Waals surface area contributed by atoms with Gasteiger partial charge in [0.2, 0.25) is 0 Å². The largest absolute Gasteiger partial charge is 0.327 e. The molecule has 3 heteroatoms. The van der Waals surface area contributed by atoms with Gasteiger partial charge in [0.15, 0.2) is 0 Å². The third kappa shape index (κ3) is 2.82. The molecule has 2 aliphatic rings. The highest BCUT2D eigenvalue weighted by Gasteiger charge is 2.39. The van der Waals surface area contributed by atoms with Crippen LogP contribution in [0.25, 0.3) is 0 Å². The van der Waals surface area contributed by atoms with Crippen molar-refractivity contribution in [3.8, 4) is 0 Å². The summed E-state index contributed by atoms with van der Waals surface area (Å²) in [6.45, 7) is 10.1. The summed E-state index contributed by atoms with van der Waals surface area (Å²) in [4.78, 5) is 22.1. The van der Waals surface area contributed by atoms with E-state index in [0.717, 1.165) is 19.3 Å². The smallest absolute Gasteiger partial charge is 0.140 e. The molecule has 0 radical (unpaired) electrons. The van der Waals surface area contributed by atoms with Gasteiger partial charge in [-0.25, -0.2) is 0 Å². The molecule has 3 nitrogen and oxygen atoms in total. The van der Waals surface area contributed by atoms with E-state index in [1.807, 2.05) is 27.7 Å². The molecule has 0 spiro atoms. The lowest BCUT2D eigenvalue weighted by atomic mass is 9.83. The molecule has 0 saturated heterocycles. The average molecular weight is 253 g/mol. The molecule has 2 atom stereocenters. The molecule has 2 unspecified atom stereocenters.